The largest absolute Gasteiger partial charge is 0.296 e. The molecule has 0 atom stereocenters. The van der Waals surface area contributed by atoms with Crippen molar-refractivity contribution in [2.75, 3.05) is 0 Å². The van der Waals surface area contributed by atoms with Crippen LogP contribution in [-0.2, 0) is 0 Å². The van der Waals surface area contributed by atoms with E-state index in [2.05, 4.69) is 4.98 Å². The van der Waals surface area contributed by atoms with E-state index in [4.69, 9.17) is 11.6 Å². The molecular formula is C17H8ClNO2. The van der Waals surface area contributed by atoms with E-state index in [0.29, 0.717) is 39.2 Å². The Balaban J connectivity index is 2.28. The Morgan fingerprint density at radius 2 is 1.76 bits per heavy atom. The van der Waals surface area contributed by atoms with Crippen LogP contribution in [0.2, 0.25) is 5.02 Å². The third kappa shape index (κ3) is 1.58. The second kappa shape index (κ2) is 4.24. The number of benzene rings is 2. The first-order chi connectivity index (χ1) is 10.2. The van der Waals surface area contributed by atoms with Crippen molar-refractivity contribution in [1.82, 2.24) is 4.98 Å². The van der Waals surface area contributed by atoms with Gasteiger partial charge in [-0.05, 0) is 23.8 Å². The van der Waals surface area contributed by atoms with Gasteiger partial charge in [0.1, 0.15) is 5.69 Å². The van der Waals surface area contributed by atoms with Gasteiger partial charge in [0.25, 0.3) is 0 Å². The third-order valence-electron chi connectivity index (χ3n) is 3.75. The van der Waals surface area contributed by atoms with E-state index in [1.807, 2.05) is 0 Å². The van der Waals surface area contributed by atoms with Gasteiger partial charge >= 0.3 is 0 Å². The van der Waals surface area contributed by atoms with Gasteiger partial charge in [-0.25, -0.2) is 4.98 Å². The molecule has 3 aromatic rings. The molecule has 4 rings (SSSR count). The van der Waals surface area contributed by atoms with Gasteiger partial charge in [0.15, 0.2) is 12.1 Å². The molecule has 0 saturated carbocycles. The van der Waals surface area contributed by atoms with Gasteiger partial charge in [0.2, 0.25) is 0 Å². The van der Waals surface area contributed by atoms with Crippen LogP contribution in [0, 0.1) is 0 Å². The molecule has 1 aliphatic carbocycles. The number of aldehydes is 1. The summed E-state index contributed by atoms with van der Waals surface area (Å²) in [6, 6.07) is 12.3. The molecule has 0 fully saturated rings. The third-order valence-corrected chi connectivity index (χ3v) is 4.06. The topological polar surface area (TPSA) is 47.0 Å². The maximum Gasteiger partial charge on any atom is 0.194 e. The molecule has 0 N–H and O–H groups in total. The molecule has 0 unspecified atom stereocenters. The van der Waals surface area contributed by atoms with Gasteiger partial charge in [0.05, 0.1) is 5.52 Å². The predicted molar refractivity (Wildman–Crippen MR) is 81.0 cm³/mol. The summed E-state index contributed by atoms with van der Waals surface area (Å²) < 4.78 is 0. The molecule has 1 aliphatic rings. The average Bonchev–Trinajstić information content (AvgIpc) is 2.51. The first-order valence-electron chi connectivity index (χ1n) is 6.43. The lowest BCUT2D eigenvalue weighted by Gasteiger charge is -2.20. The Labute approximate surface area is 125 Å². The van der Waals surface area contributed by atoms with Crippen molar-refractivity contribution < 1.29 is 9.59 Å². The highest BCUT2D eigenvalue weighted by Crippen LogP contribution is 2.42. The molecule has 100 valence electrons. The van der Waals surface area contributed by atoms with Crippen molar-refractivity contribution in [1.29, 1.82) is 0 Å². The highest BCUT2D eigenvalue weighted by molar-refractivity contribution is 6.37. The quantitative estimate of drug-likeness (QED) is 0.500. The number of nitrogens with zero attached hydrogens (tertiary/aromatic N) is 1. The van der Waals surface area contributed by atoms with Gasteiger partial charge in [-0.2, -0.15) is 0 Å². The molecule has 0 bridgehead atoms. The summed E-state index contributed by atoms with van der Waals surface area (Å²) in [5.41, 5.74) is 3.59. The van der Waals surface area contributed by atoms with Gasteiger partial charge < -0.3 is 0 Å². The summed E-state index contributed by atoms with van der Waals surface area (Å²) in [7, 11) is 0. The molecule has 2 aromatic carbocycles. The zero-order valence-electron chi connectivity index (χ0n) is 10.8. The van der Waals surface area contributed by atoms with Crippen LogP contribution in [-0.4, -0.2) is 17.1 Å². The predicted octanol–water partition coefficient (Wildman–Crippen LogP) is 3.91. The number of halogens is 1. The van der Waals surface area contributed by atoms with E-state index in [1.54, 1.807) is 42.5 Å². The monoisotopic (exact) mass is 293 g/mol. The Kier molecular flexibility index (Phi) is 2.47. The van der Waals surface area contributed by atoms with E-state index in [0.717, 1.165) is 10.9 Å². The number of carbonyl (C=O) groups excluding carboxylic acids is 2. The fourth-order valence-electron chi connectivity index (χ4n) is 2.89. The molecule has 0 amide bonds. The molecule has 0 spiro atoms. The number of hydrogen-bond donors (Lipinski definition) is 0. The SMILES string of the molecule is O=Cc1cc2c3c(cccc3n1)C(=O)c1cccc(Cl)c1-2. The van der Waals surface area contributed by atoms with Crippen molar-refractivity contribution in [3.8, 4) is 11.1 Å². The van der Waals surface area contributed by atoms with Crippen molar-refractivity contribution in [2.45, 2.75) is 0 Å². The molecule has 1 aromatic heterocycles. The fraction of sp³-hybridized carbons (Fsp3) is 0. The minimum Gasteiger partial charge on any atom is -0.296 e. The Bertz CT molecular complexity index is 947. The lowest BCUT2D eigenvalue weighted by atomic mass is 9.84. The van der Waals surface area contributed by atoms with Crippen LogP contribution < -0.4 is 0 Å². The molecule has 1 heterocycles. The summed E-state index contributed by atoms with van der Waals surface area (Å²) in [6.45, 7) is 0. The minimum atomic E-state index is -0.0637. The van der Waals surface area contributed by atoms with E-state index >= 15 is 0 Å². The summed E-state index contributed by atoms with van der Waals surface area (Å²) in [5.74, 6) is -0.0637. The average molecular weight is 294 g/mol. The molecule has 21 heavy (non-hydrogen) atoms. The second-order valence-electron chi connectivity index (χ2n) is 4.90. The van der Waals surface area contributed by atoms with Crippen molar-refractivity contribution >= 4 is 34.6 Å². The number of ketones is 1. The van der Waals surface area contributed by atoms with Crippen LogP contribution in [0.3, 0.4) is 0 Å². The molecule has 0 radical (unpaired) electrons. The Morgan fingerprint density at radius 1 is 1.00 bits per heavy atom. The molecule has 0 saturated heterocycles. The van der Waals surface area contributed by atoms with E-state index in [9.17, 15) is 9.59 Å². The van der Waals surface area contributed by atoms with Crippen LogP contribution in [0.1, 0.15) is 26.4 Å². The van der Waals surface area contributed by atoms with Gasteiger partial charge in [-0.1, -0.05) is 35.9 Å². The van der Waals surface area contributed by atoms with E-state index < -0.39 is 0 Å². The standard InChI is InChI=1S/C17H8ClNO2/c18-13-5-1-3-10-15(13)12-7-9(8-20)19-14-6-2-4-11(16(12)14)17(10)21/h1-8H. The van der Waals surface area contributed by atoms with Crippen molar-refractivity contribution in [3.05, 3.63) is 64.3 Å². The Morgan fingerprint density at radius 3 is 2.57 bits per heavy atom. The summed E-state index contributed by atoms with van der Waals surface area (Å²) in [6.07, 6.45) is 0.704. The highest BCUT2D eigenvalue weighted by Gasteiger charge is 2.27. The first kappa shape index (κ1) is 12.2. The number of fused-ring (bicyclic) bond motifs is 2. The van der Waals surface area contributed by atoms with Crippen molar-refractivity contribution in [2.24, 2.45) is 0 Å². The zero-order chi connectivity index (χ0) is 14.6. The molecule has 0 aliphatic heterocycles. The lowest BCUT2D eigenvalue weighted by Crippen LogP contribution is -2.11. The van der Waals surface area contributed by atoms with Crippen LogP contribution in [0.15, 0.2) is 42.5 Å². The number of rotatable bonds is 1. The van der Waals surface area contributed by atoms with Gasteiger partial charge in [-0.15, -0.1) is 0 Å². The number of pyridine rings is 1. The van der Waals surface area contributed by atoms with Crippen LogP contribution >= 0.6 is 11.6 Å². The smallest absolute Gasteiger partial charge is 0.194 e. The summed E-state index contributed by atoms with van der Waals surface area (Å²) >= 11 is 6.29. The Hall–Kier alpha value is -2.52. The van der Waals surface area contributed by atoms with Gasteiger partial charge in [-0.3, -0.25) is 9.59 Å². The number of carbonyl (C=O) groups is 2. The van der Waals surface area contributed by atoms with E-state index in [1.165, 1.54) is 0 Å². The first-order valence-corrected chi connectivity index (χ1v) is 6.81. The maximum atomic E-state index is 12.6. The second-order valence-corrected chi connectivity index (χ2v) is 5.31. The molecular weight excluding hydrogens is 286 g/mol. The lowest BCUT2D eigenvalue weighted by molar-refractivity contribution is 0.103. The van der Waals surface area contributed by atoms with Crippen LogP contribution in [0.5, 0.6) is 0 Å². The van der Waals surface area contributed by atoms with Crippen LogP contribution in [0.25, 0.3) is 22.0 Å². The number of hydrogen-bond acceptors (Lipinski definition) is 3. The normalized spacial score (nSPS) is 12.3. The maximum absolute atomic E-state index is 12.6. The van der Waals surface area contributed by atoms with Crippen LogP contribution in [0.4, 0.5) is 0 Å². The van der Waals surface area contributed by atoms with E-state index in [-0.39, 0.29) is 5.78 Å². The molecule has 4 heteroatoms. The van der Waals surface area contributed by atoms with Crippen molar-refractivity contribution in [3.63, 3.8) is 0 Å². The summed E-state index contributed by atoms with van der Waals surface area (Å²) in [5, 5.41) is 1.26. The summed E-state index contributed by atoms with van der Waals surface area (Å²) in [4.78, 5) is 28.0. The zero-order valence-corrected chi connectivity index (χ0v) is 11.5. The minimum absolute atomic E-state index is 0.0637. The molecule has 3 nitrogen and oxygen atoms in total. The van der Waals surface area contributed by atoms with Gasteiger partial charge in [0, 0.05) is 27.1 Å². The highest BCUT2D eigenvalue weighted by atomic mass is 35.5. The number of aromatic nitrogens is 1. The fourth-order valence-corrected chi connectivity index (χ4v) is 3.16.